The molecule has 5 nitrogen and oxygen atoms in total. The Labute approximate surface area is 111 Å². The van der Waals surface area contributed by atoms with Gasteiger partial charge in [-0.15, -0.1) is 0 Å². The summed E-state index contributed by atoms with van der Waals surface area (Å²) in [6.45, 7) is 1.11. The molecule has 0 spiro atoms. The molecule has 0 unspecified atom stereocenters. The van der Waals surface area contributed by atoms with E-state index in [0.29, 0.717) is 13.2 Å². The number of fused-ring (bicyclic) bond motifs is 3. The molecule has 1 aromatic rings. The van der Waals surface area contributed by atoms with Crippen LogP contribution in [-0.4, -0.2) is 48.7 Å². The van der Waals surface area contributed by atoms with Gasteiger partial charge >= 0.3 is 5.97 Å². The SMILES string of the molecule is O=CBN1C[C@@H]2COc3ccccc3[C@@H]2[C@H]1C(=O)O. The first-order chi connectivity index (χ1) is 9.22. The third-order valence-electron chi connectivity index (χ3n) is 4.00. The molecule has 0 amide bonds. The zero-order valence-corrected chi connectivity index (χ0v) is 10.4. The van der Waals surface area contributed by atoms with Crippen molar-refractivity contribution in [1.29, 1.82) is 0 Å². The second-order valence-electron chi connectivity index (χ2n) is 5.04. The molecular formula is C13H14BNO4. The highest BCUT2D eigenvalue weighted by molar-refractivity contribution is 6.64. The molecular weight excluding hydrogens is 245 g/mol. The Bertz CT molecular complexity index is 521. The molecule has 2 heterocycles. The lowest BCUT2D eigenvalue weighted by Gasteiger charge is -2.30. The van der Waals surface area contributed by atoms with Crippen LogP contribution in [0.25, 0.3) is 0 Å². The largest absolute Gasteiger partial charge is 0.493 e. The van der Waals surface area contributed by atoms with Crippen LogP contribution in [0.2, 0.25) is 0 Å². The van der Waals surface area contributed by atoms with Gasteiger partial charge in [0.2, 0.25) is 0 Å². The fourth-order valence-corrected chi connectivity index (χ4v) is 3.27. The topological polar surface area (TPSA) is 66.8 Å². The van der Waals surface area contributed by atoms with Crippen molar-refractivity contribution in [2.45, 2.75) is 12.0 Å². The number of rotatable bonds is 3. The number of hydrogen-bond acceptors (Lipinski definition) is 4. The summed E-state index contributed by atoms with van der Waals surface area (Å²) in [5, 5.41) is 9.48. The van der Waals surface area contributed by atoms with Crippen molar-refractivity contribution in [3.63, 3.8) is 0 Å². The number of carbonyl (C=O) groups excluding carboxylic acids is 1. The molecule has 1 aromatic carbocycles. The number of nitrogens with zero attached hydrogens (tertiary/aromatic N) is 1. The molecule has 0 aliphatic carbocycles. The average Bonchev–Trinajstić information content (AvgIpc) is 2.77. The Kier molecular flexibility index (Phi) is 3.02. The van der Waals surface area contributed by atoms with Crippen molar-refractivity contribution in [2.75, 3.05) is 13.2 Å². The lowest BCUT2D eigenvalue weighted by molar-refractivity contribution is -0.141. The van der Waals surface area contributed by atoms with E-state index < -0.39 is 12.0 Å². The fraction of sp³-hybridized carbons (Fsp3) is 0.385. The van der Waals surface area contributed by atoms with E-state index in [1.807, 2.05) is 24.3 Å². The summed E-state index contributed by atoms with van der Waals surface area (Å²) in [7, 11) is 0.159. The highest BCUT2D eigenvalue weighted by atomic mass is 16.5. The molecule has 0 saturated carbocycles. The maximum atomic E-state index is 11.6. The average molecular weight is 259 g/mol. The number of ether oxygens (including phenoxy) is 1. The molecule has 98 valence electrons. The van der Waals surface area contributed by atoms with Gasteiger partial charge in [-0.05, 0) is 18.2 Å². The lowest BCUT2D eigenvalue weighted by atomic mass is 9.82. The third-order valence-corrected chi connectivity index (χ3v) is 4.00. The van der Waals surface area contributed by atoms with Crippen LogP contribution >= 0.6 is 0 Å². The van der Waals surface area contributed by atoms with E-state index in [1.54, 1.807) is 4.81 Å². The predicted molar refractivity (Wildman–Crippen MR) is 70.2 cm³/mol. The van der Waals surface area contributed by atoms with Crippen LogP contribution in [0.5, 0.6) is 5.75 Å². The van der Waals surface area contributed by atoms with E-state index in [0.717, 1.165) is 17.5 Å². The number of carboxylic acid groups (broad SMARTS) is 1. The molecule has 0 radical (unpaired) electrons. The Morgan fingerprint density at radius 1 is 1.47 bits per heavy atom. The van der Waals surface area contributed by atoms with Gasteiger partial charge in [-0.25, -0.2) is 0 Å². The maximum absolute atomic E-state index is 11.6. The molecule has 3 rings (SSSR count). The van der Waals surface area contributed by atoms with E-state index >= 15 is 0 Å². The molecule has 1 saturated heterocycles. The number of carboxylic acids is 1. The molecule has 6 heteroatoms. The molecule has 0 aromatic heterocycles. The summed E-state index contributed by atoms with van der Waals surface area (Å²) in [6, 6.07) is 6.93. The third kappa shape index (κ3) is 1.92. The smallest absolute Gasteiger partial charge is 0.320 e. The minimum atomic E-state index is -0.869. The monoisotopic (exact) mass is 259 g/mol. The minimum absolute atomic E-state index is 0.0950. The predicted octanol–water partition coefficient (Wildman–Crippen LogP) is 0.0893. The molecule has 1 N–H and O–H groups in total. The summed E-state index contributed by atoms with van der Waals surface area (Å²) < 4.78 is 5.68. The first kappa shape index (κ1) is 12.2. The Hall–Kier alpha value is -1.82. The molecule has 2 aliphatic rings. The number of carbonyl (C=O) groups is 2. The van der Waals surface area contributed by atoms with Crippen LogP contribution in [0.1, 0.15) is 11.5 Å². The number of hydrogen-bond donors (Lipinski definition) is 1. The van der Waals surface area contributed by atoms with Crippen LogP contribution in [-0.2, 0) is 9.59 Å². The van der Waals surface area contributed by atoms with Gasteiger partial charge in [0.05, 0.1) is 12.8 Å². The second-order valence-corrected chi connectivity index (χ2v) is 5.04. The summed E-state index contributed by atoms with van der Waals surface area (Å²) in [6.07, 6.45) is 0.764. The maximum Gasteiger partial charge on any atom is 0.320 e. The quantitative estimate of drug-likeness (QED) is 0.615. The van der Waals surface area contributed by atoms with E-state index in [2.05, 4.69) is 0 Å². The van der Waals surface area contributed by atoms with Crippen molar-refractivity contribution in [1.82, 2.24) is 4.81 Å². The zero-order valence-electron chi connectivity index (χ0n) is 10.4. The minimum Gasteiger partial charge on any atom is -0.493 e. The second kappa shape index (κ2) is 4.70. The Morgan fingerprint density at radius 3 is 3.00 bits per heavy atom. The number of para-hydroxylation sites is 1. The van der Waals surface area contributed by atoms with Crippen molar-refractivity contribution >= 4 is 19.6 Å². The van der Waals surface area contributed by atoms with E-state index in [1.165, 1.54) is 0 Å². The zero-order chi connectivity index (χ0) is 13.4. The molecule has 1 fully saturated rings. The molecule has 19 heavy (non-hydrogen) atoms. The van der Waals surface area contributed by atoms with Gasteiger partial charge in [0.1, 0.15) is 11.8 Å². The van der Waals surface area contributed by atoms with Gasteiger partial charge in [0.25, 0.3) is 7.41 Å². The normalized spacial score (nSPS) is 28.9. The van der Waals surface area contributed by atoms with Crippen LogP contribution in [0.15, 0.2) is 24.3 Å². The summed E-state index contributed by atoms with van der Waals surface area (Å²) in [5.74, 6) is -0.0626. The number of aliphatic carboxylic acids is 1. The van der Waals surface area contributed by atoms with Crippen molar-refractivity contribution in [2.24, 2.45) is 5.92 Å². The van der Waals surface area contributed by atoms with Crippen LogP contribution in [0, 0.1) is 5.92 Å². The van der Waals surface area contributed by atoms with E-state index in [-0.39, 0.29) is 19.3 Å². The van der Waals surface area contributed by atoms with Crippen molar-refractivity contribution in [3.8, 4) is 5.75 Å². The van der Waals surface area contributed by atoms with Crippen molar-refractivity contribution < 1.29 is 19.4 Å². The van der Waals surface area contributed by atoms with Gasteiger partial charge in [0, 0.05) is 11.8 Å². The molecule has 0 bridgehead atoms. The lowest BCUT2D eigenvalue weighted by Crippen LogP contribution is -2.41. The van der Waals surface area contributed by atoms with Crippen molar-refractivity contribution in [3.05, 3.63) is 29.8 Å². The first-order valence-corrected chi connectivity index (χ1v) is 6.34. The fourth-order valence-electron chi connectivity index (χ4n) is 3.27. The van der Waals surface area contributed by atoms with Gasteiger partial charge < -0.3 is 19.4 Å². The van der Waals surface area contributed by atoms with Crippen LogP contribution in [0.3, 0.4) is 0 Å². The first-order valence-electron chi connectivity index (χ1n) is 6.34. The molecule has 2 aliphatic heterocycles. The Balaban J connectivity index is 2.01. The highest BCUT2D eigenvalue weighted by Gasteiger charge is 2.49. The van der Waals surface area contributed by atoms with Gasteiger partial charge in [0.15, 0.2) is 0 Å². The van der Waals surface area contributed by atoms with Gasteiger partial charge in [-0.1, -0.05) is 18.2 Å². The summed E-state index contributed by atoms with van der Waals surface area (Å²) >= 11 is 0. The number of benzene rings is 1. The van der Waals surface area contributed by atoms with Gasteiger partial charge in [-0.2, -0.15) is 0 Å². The van der Waals surface area contributed by atoms with E-state index in [4.69, 9.17) is 4.74 Å². The van der Waals surface area contributed by atoms with Crippen LogP contribution in [0.4, 0.5) is 0 Å². The Morgan fingerprint density at radius 2 is 2.26 bits per heavy atom. The highest BCUT2D eigenvalue weighted by Crippen LogP contribution is 2.44. The van der Waals surface area contributed by atoms with Gasteiger partial charge in [-0.3, -0.25) is 4.79 Å². The molecule has 3 atom stereocenters. The standard InChI is InChI=1S/C13H14BNO4/c16-7-14-15-5-8-6-19-10-4-2-1-3-9(10)11(8)12(15)13(17)18/h1-4,7-8,11-12,14H,5-6H2,(H,17,18)/t8-,11-,12+/m1/s1. The summed E-state index contributed by atoms with van der Waals surface area (Å²) in [5.41, 5.74) is 0.944. The summed E-state index contributed by atoms with van der Waals surface area (Å²) in [4.78, 5) is 24.0. The van der Waals surface area contributed by atoms with Crippen LogP contribution < -0.4 is 4.74 Å². The van der Waals surface area contributed by atoms with E-state index in [9.17, 15) is 14.7 Å².